The molecule has 3 nitrogen and oxygen atoms in total. The first-order valence-corrected chi connectivity index (χ1v) is 10.3. The average molecular weight is 385 g/mol. The molecule has 0 radical (unpaired) electrons. The van der Waals surface area contributed by atoms with Gasteiger partial charge in [0.15, 0.2) is 0 Å². The minimum Gasteiger partial charge on any atom is -0.308 e. The minimum atomic E-state index is 0.161. The zero-order chi connectivity index (χ0) is 19.2. The number of amides is 1. The van der Waals surface area contributed by atoms with Gasteiger partial charge in [0.2, 0.25) is 5.91 Å². The lowest BCUT2D eigenvalue weighted by atomic mass is 10.00. The van der Waals surface area contributed by atoms with Crippen molar-refractivity contribution < 1.29 is 4.79 Å². The zero-order valence-corrected chi connectivity index (χ0v) is 17.1. The van der Waals surface area contributed by atoms with E-state index < -0.39 is 0 Å². The maximum absolute atomic E-state index is 12.8. The molecule has 0 aromatic heterocycles. The van der Waals surface area contributed by atoms with E-state index in [2.05, 4.69) is 35.2 Å². The third kappa shape index (κ3) is 4.91. The number of hydrogen-bond donors (Lipinski definition) is 0. The van der Waals surface area contributed by atoms with Gasteiger partial charge in [0.25, 0.3) is 0 Å². The molecule has 1 heterocycles. The Labute approximate surface area is 167 Å². The number of halogens is 1. The quantitative estimate of drug-likeness (QED) is 0.691. The number of likely N-dealkylation sites (tertiary alicyclic amines) is 1. The molecule has 1 saturated heterocycles. The second-order valence-electron chi connectivity index (χ2n) is 7.33. The van der Waals surface area contributed by atoms with Gasteiger partial charge >= 0.3 is 0 Å². The fourth-order valence-electron chi connectivity index (χ4n) is 3.94. The number of para-hydroxylation sites is 1. The van der Waals surface area contributed by atoms with Gasteiger partial charge in [0, 0.05) is 32.1 Å². The van der Waals surface area contributed by atoms with E-state index >= 15 is 0 Å². The summed E-state index contributed by atoms with van der Waals surface area (Å²) in [5.41, 5.74) is 3.35. The van der Waals surface area contributed by atoms with E-state index in [0.29, 0.717) is 11.4 Å². The SMILES string of the molecule is CCC(=O)N(c1c(C)cccc1Cl)C1CCN(CCc2ccccc2)CC1. The van der Waals surface area contributed by atoms with Crippen LogP contribution in [0.25, 0.3) is 0 Å². The van der Waals surface area contributed by atoms with Crippen LogP contribution in [0.15, 0.2) is 48.5 Å². The van der Waals surface area contributed by atoms with E-state index in [0.717, 1.165) is 50.1 Å². The largest absolute Gasteiger partial charge is 0.308 e. The Morgan fingerprint density at radius 2 is 1.81 bits per heavy atom. The first kappa shape index (κ1) is 19.9. The maximum Gasteiger partial charge on any atom is 0.227 e. The Hall–Kier alpha value is -1.84. The summed E-state index contributed by atoms with van der Waals surface area (Å²) < 4.78 is 0. The third-order valence-electron chi connectivity index (χ3n) is 5.48. The number of hydrogen-bond acceptors (Lipinski definition) is 2. The van der Waals surface area contributed by atoms with Gasteiger partial charge < -0.3 is 9.80 Å². The predicted molar refractivity (Wildman–Crippen MR) is 114 cm³/mol. The first-order chi connectivity index (χ1) is 13.1. The van der Waals surface area contributed by atoms with E-state index in [1.54, 1.807) is 0 Å². The Morgan fingerprint density at radius 3 is 2.44 bits per heavy atom. The van der Waals surface area contributed by atoms with Crippen molar-refractivity contribution in [2.75, 3.05) is 24.5 Å². The molecule has 0 unspecified atom stereocenters. The Morgan fingerprint density at radius 1 is 1.11 bits per heavy atom. The molecule has 0 spiro atoms. The lowest BCUT2D eigenvalue weighted by Gasteiger charge is -2.39. The number of piperidine rings is 1. The van der Waals surface area contributed by atoms with Crippen LogP contribution in [0.3, 0.4) is 0 Å². The minimum absolute atomic E-state index is 0.161. The summed E-state index contributed by atoms with van der Waals surface area (Å²) in [6.45, 7) is 7.08. The lowest BCUT2D eigenvalue weighted by Crippen LogP contribution is -2.48. The summed E-state index contributed by atoms with van der Waals surface area (Å²) in [7, 11) is 0. The Balaban J connectivity index is 1.65. The van der Waals surface area contributed by atoms with Crippen LogP contribution in [0.5, 0.6) is 0 Å². The van der Waals surface area contributed by atoms with Crippen LogP contribution < -0.4 is 4.90 Å². The van der Waals surface area contributed by atoms with Crippen molar-refractivity contribution in [2.24, 2.45) is 0 Å². The molecule has 2 aromatic rings. The Bertz CT molecular complexity index is 734. The van der Waals surface area contributed by atoms with Gasteiger partial charge in [-0.25, -0.2) is 0 Å². The topological polar surface area (TPSA) is 23.6 Å². The van der Waals surface area contributed by atoms with Crippen LogP contribution in [-0.2, 0) is 11.2 Å². The zero-order valence-electron chi connectivity index (χ0n) is 16.3. The second-order valence-corrected chi connectivity index (χ2v) is 7.74. The van der Waals surface area contributed by atoms with Crippen LogP contribution in [0.2, 0.25) is 5.02 Å². The van der Waals surface area contributed by atoms with Gasteiger partial charge in [-0.05, 0) is 43.4 Å². The summed E-state index contributed by atoms with van der Waals surface area (Å²) in [4.78, 5) is 17.3. The summed E-state index contributed by atoms with van der Waals surface area (Å²) in [6, 6.07) is 16.7. The smallest absolute Gasteiger partial charge is 0.227 e. The molecule has 3 rings (SSSR count). The molecule has 0 aliphatic carbocycles. The molecule has 0 N–H and O–H groups in total. The van der Waals surface area contributed by atoms with Crippen molar-refractivity contribution in [3.63, 3.8) is 0 Å². The highest BCUT2D eigenvalue weighted by Crippen LogP contribution is 2.34. The fourth-order valence-corrected chi connectivity index (χ4v) is 4.26. The highest BCUT2D eigenvalue weighted by molar-refractivity contribution is 6.34. The summed E-state index contributed by atoms with van der Waals surface area (Å²) in [6.07, 6.45) is 3.56. The van der Waals surface area contributed by atoms with E-state index in [1.807, 2.05) is 36.9 Å². The number of rotatable bonds is 6. The standard InChI is InChI=1S/C23H29ClN2O/c1-3-22(27)26(23-18(2)8-7-11-21(23)24)20-13-16-25(17-14-20)15-12-19-9-5-4-6-10-19/h4-11,20H,3,12-17H2,1-2H3. The molecule has 0 atom stereocenters. The molecule has 1 amide bonds. The van der Waals surface area contributed by atoms with E-state index in [-0.39, 0.29) is 11.9 Å². The summed E-state index contributed by atoms with van der Waals surface area (Å²) in [5.74, 6) is 0.161. The van der Waals surface area contributed by atoms with Gasteiger partial charge in [-0.3, -0.25) is 4.79 Å². The molecular weight excluding hydrogens is 356 g/mol. The maximum atomic E-state index is 12.8. The molecule has 0 saturated carbocycles. The van der Waals surface area contributed by atoms with Crippen molar-refractivity contribution in [3.05, 3.63) is 64.7 Å². The molecule has 1 aliphatic heterocycles. The van der Waals surface area contributed by atoms with Crippen LogP contribution in [0.1, 0.15) is 37.3 Å². The van der Waals surface area contributed by atoms with Crippen molar-refractivity contribution in [1.29, 1.82) is 0 Å². The predicted octanol–water partition coefficient (Wildman–Crippen LogP) is 5.10. The third-order valence-corrected chi connectivity index (χ3v) is 5.79. The molecule has 1 fully saturated rings. The lowest BCUT2D eigenvalue weighted by molar-refractivity contribution is -0.119. The number of carbonyl (C=O) groups is 1. The van der Waals surface area contributed by atoms with Crippen LogP contribution in [0, 0.1) is 6.92 Å². The van der Waals surface area contributed by atoms with Crippen molar-refractivity contribution in [2.45, 2.75) is 45.6 Å². The number of benzene rings is 2. The molecule has 27 heavy (non-hydrogen) atoms. The number of nitrogens with zero attached hydrogens (tertiary/aromatic N) is 2. The van der Waals surface area contributed by atoms with Crippen LogP contribution >= 0.6 is 11.6 Å². The number of anilines is 1. The average Bonchev–Trinajstić information content (AvgIpc) is 2.70. The summed E-state index contributed by atoms with van der Waals surface area (Å²) >= 11 is 6.49. The highest BCUT2D eigenvalue weighted by atomic mass is 35.5. The fraction of sp³-hybridized carbons (Fsp3) is 0.435. The van der Waals surface area contributed by atoms with Crippen molar-refractivity contribution in [1.82, 2.24) is 4.90 Å². The van der Waals surface area contributed by atoms with Gasteiger partial charge in [0.1, 0.15) is 0 Å². The highest BCUT2D eigenvalue weighted by Gasteiger charge is 2.30. The van der Waals surface area contributed by atoms with Crippen LogP contribution in [0.4, 0.5) is 5.69 Å². The molecule has 1 aliphatic rings. The second kappa shape index (κ2) is 9.38. The normalized spacial score (nSPS) is 15.7. The monoisotopic (exact) mass is 384 g/mol. The number of carbonyl (C=O) groups excluding carboxylic acids is 1. The first-order valence-electron chi connectivity index (χ1n) is 9.93. The van der Waals surface area contributed by atoms with E-state index in [9.17, 15) is 4.79 Å². The van der Waals surface area contributed by atoms with Crippen LogP contribution in [-0.4, -0.2) is 36.5 Å². The molecule has 144 valence electrons. The summed E-state index contributed by atoms with van der Waals surface area (Å²) in [5, 5.41) is 0.670. The van der Waals surface area contributed by atoms with Gasteiger partial charge in [-0.15, -0.1) is 0 Å². The molecular formula is C23H29ClN2O. The van der Waals surface area contributed by atoms with E-state index in [4.69, 9.17) is 11.6 Å². The van der Waals surface area contributed by atoms with Crippen molar-refractivity contribution >= 4 is 23.2 Å². The van der Waals surface area contributed by atoms with Gasteiger partial charge in [-0.1, -0.05) is 61.0 Å². The van der Waals surface area contributed by atoms with Crippen molar-refractivity contribution in [3.8, 4) is 0 Å². The number of aryl methyl sites for hydroxylation is 1. The molecule has 2 aromatic carbocycles. The van der Waals surface area contributed by atoms with Gasteiger partial charge in [-0.2, -0.15) is 0 Å². The molecule has 0 bridgehead atoms. The van der Waals surface area contributed by atoms with Gasteiger partial charge in [0.05, 0.1) is 10.7 Å². The van der Waals surface area contributed by atoms with E-state index in [1.165, 1.54) is 5.56 Å². The molecule has 4 heteroatoms. The Kier molecular flexibility index (Phi) is 6.92.